The SMILES string of the molecule is COC1=CC(=O)C2=C3C4=C(C=C(C)Cc5c(C=O)c([C@H](N)CCO)c6c(c54)C(C(OC)=CC6=O)C13)C(NCCO)C2O. The third-order valence-corrected chi connectivity index (χ3v) is 9.13. The van der Waals surface area contributed by atoms with Crippen LogP contribution in [0.4, 0.5) is 0 Å². The Morgan fingerprint density at radius 3 is 2.36 bits per heavy atom. The summed E-state index contributed by atoms with van der Waals surface area (Å²) in [6.45, 7) is 1.67. The van der Waals surface area contributed by atoms with Crippen LogP contribution in [0.15, 0.2) is 52.0 Å². The molecular weight excluding hydrogens is 540 g/mol. The number of allylic oxidation sites excluding steroid dienone is 6. The minimum atomic E-state index is -1.23. The number of hydrogen-bond acceptors (Lipinski definition) is 10. The lowest BCUT2D eigenvalue weighted by molar-refractivity contribution is -0.113. The monoisotopic (exact) mass is 574 g/mol. The Kier molecular flexibility index (Phi) is 7.15. The smallest absolute Gasteiger partial charge is 0.189 e. The molecule has 10 nitrogen and oxygen atoms in total. The van der Waals surface area contributed by atoms with Gasteiger partial charge < -0.3 is 35.8 Å². The zero-order valence-electron chi connectivity index (χ0n) is 23.7. The van der Waals surface area contributed by atoms with Crippen molar-refractivity contribution in [2.45, 2.75) is 43.9 Å². The predicted octanol–water partition coefficient (Wildman–Crippen LogP) is 1.31. The van der Waals surface area contributed by atoms with Gasteiger partial charge in [0.1, 0.15) is 17.6 Å². The molecule has 0 bridgehead atoms. The highest BCUT2D eigenvalue weighted by atomic mass is 16.5. The average Bonchev–Trinajstić information content (AvgIpc) is 3.12. The summed E-state index contributed by atoms with van der Waals surface area (Å²) in [5.41, 5.74) is 12.6. The molecule has 0 radical (unpaired) electrons. The van der Waals surface area contributed by atoms with Crippen molar-refractivity contribution in [2.75, 3.05) is 34.0 Å². The summed E-state index contributed by atoms with van der Waals surface area (Å²) >= 11 is 0. The topological polar surface area (TPSA) is 168 Å². The number of aldehydes is 1. The third kappa shape index (κ3) is 3.79. The number of hydrogen-bond donors (Lipinski definition) is 5. The maximum Gasteiger partial charge on any atom is 0.189 e. The number of fused-ring (bicyclic) bond motifs is 1. The molecule has 0 aliphatic heterocycles. The van der Waals surface area contributed by atoms with Crippen molar-refractivity contribution in [3.63, 3.8) is 0 Å². The number of ketones is 2. The number of nitrogens with two attached hydrogens (primary N) is 1. The van der Waals surface area contributed by atoms with Crippen molar-refractivity contribution in [2.24, 2.45) is 11.7 Å². The lowest BCUT2D eigenvalue weighted by Crippen LogP contribution is -2.50. The molecule has 5 aliphatic rings. The molecule has 0 amide bonds. The molecule has 4 unspecified atom stereocenters. The van der Waals surface area contributed by atoms with Crippen LogP contribution < -0.4 is 11.1 Å². The number of aliphatic hydroxyl groups is 3. The highest BCUT2D eigenvalue weighted by molar-refractivity contribution is 6.16. The fraction of sp³-hybridized carbons (Fsp3) is 0.406. The van der Waals surface area contributed by atoms with E-state index in [0.717, 1.165) is 11.9 Å². The van der Waals surface area contributed by atoms with E-state index in [0.29, 0.717) is 68.0 Å². The zero-order valence-corrected chi connectivity index (χ0v) is 23.7. The van der Waals surface area contributed by atoms with Crippen LogP contribution in [-0.2, 0) is 20.7 Å². The van der Waals surface area contributed by atoms with Crippen LogP contribution in [-0.4, -0.2) is 79.3 Å². The van der Waals surface area contributed by atoms with Crippen molar-refractivity contribution in [1.29, 1.82) is 0 Å². The van der Waals surface area contributed by atoms with Crippen LogP contribution in [0.5, 0.6) is 0 Å². The van der Waals surface area contributed by atoms with Crippen LogP contribution in [0.1, 0.15) is 68.3 Å². The Hall–Kier alpha value is -3.67. The maximum absolute atomic E-state index is 13.9. The van der Waals surface area contributed by atoms with Gasteiger partial charge in [0.05, 0.1) is 38.7 Å². The number of benzene rings is 1. The van der Waals surface area contributed by atoms with E-state index in [1.165, 1.54) is 26.4 Å². The van der Waals surface area contributed by atoms with Crippen molar-refractivity contribution < 1.29 is 39.2 Å². The molecule has 0 heterocycles. The fourth-order valence-corrected chi connectivity index (χ4v) is 7.64. The molecule has 10 heteroatoms. The van der Waals surface area contributed by atoms with Crippen LogP contribution in [0, 0.1) is 5.92 Å². The largest absolute Gasteiger partial charge is 0.500 e. The van der Waals surface area contributed by atoms with Gasteiger partial charge >= 0.3 is 0 Å². The van der Waals surface area contributed by atoms with Gasteiger partial charge in [-0.3, -0.25) is 14.4 Å². The zero-order chi connectivity index (χ0) is 30.0. The minimum Gasteiger partial charge on any atom is -0.500 e. The summed E-state index contributed by atoms with van der Waals surface area (Å²) < 4.78 is 11.6. The number of carbonyl (C=O) groups is 3. The van der Waals surface area contributed by atoms with Gasteiger partial charge in [-0.05, 0) is 58.7 Å². The van der Waals surface area contributed by atoms with Crippen LogP contribution in [0.25, 0.3) is 5.57 Å². The number of ether oxygens (including phenoxy) is 2. The average molecular weight is 575 g/mol. The Balaban J connectivity index is 1.84. The van der Waals surface area contributed by atoms with Crippen molar-refractivity contribution in [1.82, 2.24) is 5.32 Å². The first kappa shape index (κ1) is 28.4. The molecule has 1 aromatic carbocycles. The first-order valence-electron chi connectivity index (χ1n) is 14.1. The number of nitrogens with one attached hydrogen (secondary N) is 1. The Morgan fingerprint density at radius 1 is 1.02 bits per heavy atom. The van der Waals surface area contributed by atoms with Crippen LogP contribution >= 0.6 is 0 Å². The molecular formula is C32H34N2O8. The fourth-order valence-electron chi connectivity index (χ4n) is 7.64. The number of rotatable bonds is 9. The molecule has 1 aromatic rings. The molecule has 0 fully saturated rings. The molecule has 0 aromatic heterocycles. The van der Waals surface area contributed by atoms with E-state index in [9.17, 15) is 29.7 Å². The predicted molar refractivity (Wildman–Crippen MR) is 153 cm³/mol. The second kappa shape index (κ2) is 10.6. The third-order valence-electron chi connectivity index (χ3n) is 9.13. The summed E-state index contributed by atoms with van der Waals surface area (Å²) in [6.07, 6.45) is 4.72. The minimum absolute atomic E-state index is 0.142. The van der Waals surface area contributed by atoms with Gasteiger partial charge in [0.25, 0.3) is 0 Å². The molecule has 5 aliphatic carbocycles. The quantitative estimate of drug-likeness (QED) is 0.271. The molecule has 6 rings (SSSR count). The van der Waals surface area contributed by atoms with Gasteiger partial charge in [0.15, 0.2) is 17.9 Å². The first-order valence-corrected chi connectivity index (χ1v) is 14.1. The standard InChI is InChI=1S/C32H34N2O8/c1-13-8-14-16(12-37)22(17(33)4-6-35)25-18(38)10-20(41-2)27-28-21(42-3)11-19(39)26-30(28)24(23(14)29(25)27)15(9-13)31(32(26)40)34-5-7-36/h9-12,17,27-28,31-32,34-36,40H,4-8,33H2,1-3H3/t17-,27?,28?,31?,32?/m1/s1. The summed E-state index contributed by atoms with van der Waals surface area (Å²) in [5, 5.41) is 34.4. The van der Waals surface area contributed by atoms with Crippen molar-refractivity contribution >= 4 is 23.4 Å². The summed E-state index contributed by atoms with van der Waals surface area (Å²) in [4.78, 5) is 40.5. The Morgan fingerprint density at radius 2 is 1.71 bits per heavy atom. The van der Waals surface area contributed by atoms with E-state index >= 15 is 0 Å². The van der Waals surface area contributed by atoms with Gasteiger partial charge in [-0.15, -0.1) is 0 Å². The van der Waals surface area contributed by atoms with Gasteiger partial charge in [0.2, 0.25) is 0 Å². The van der Waals surface area contributed by atoms with E-state index in [-0.39, 0.29) is 37.5 Å². The van der Waals surface area contributed by atoms with Gasteiger partial charge in [-0.1, -0.05) is 11.6 Å². The van der Waals surface area contributed by atoms with E-state index in [4.69, 9.17) is 15.2 Å². The van der Waals surface area contributed by atoms with E-state index in [1.54, 1.807) is 0 Å². The van der Waals surface area contributed by atoms with E-state index in [2.05, 4.69) is 5.32 Å². The molecule has 0 spiro atoms. The van der Waals surface area contributed by atoms with Gasteiger partial charge in [-0.2, -0.15) is 0 Å². The van der Waals surface area contributed by atoms with Gasteiger partial charge in [0, 0.05) is 48.0 Å². The summed E-state index contributed by atoms with van der Waals surface area (Å²) in [5.74, 6) is -1.25. The molecule has 0 saturated heterocycles. The van der Waals surface area contributed by atoms with Crippen molar-refractivity contribution in [3.05, 3.63) is 85.4 Å². The van der Waals surface area contributed by atoms with Gasteiger partial charge in [-0.25, -0.2) is 0 Å². The highest BCUT2D eigenvalue weighted by Gasteiger charge is 2.55. The van der Waals surface area contributed by atoms with Crippen molar-refractivity contribution in [3.8, 4) is 0 Å². The number of carbonyl (C=O) groups excluding carboxylic acids is 3. The second-order valence-electron chi connectivity index (χ2n) is 11.3. The highest BCUT2D eigenvalue weighted by Crippen LogP contribution is 2.61. The maximum atomic E-state index is 13.9. The summed E-state index contributed by atoms with van der Waals surface area (Å²) in [6, 6.07) is -1.53. The lowest BCUT2D eigenvalue weighted by Gasteiger charge is -2.48. The van der Waals surface area contributed by atoms with Crippen LogP contribution in [0.3, 0.4) is 0 Å². The first-order chi connectivity index (χ1) is 20.2. The normalized spacial score (nSPS) is 26.2. The second-order valence-corrected chi connectivity index (χ2v) is 11.3. The molecule has 6 N–H and O–H groups in total. The lowest BCUT2D eigenvalue weighted by atomic mass is 9.57. The Labute approximate surface area is 242 Å². The Bertz CT molecular complexity index is 1590. The summed E-state index contributed by atoms with van der Waals surface area (Å²) in [7, 11) is 2.96. The molecule has 42 heavy (non-hydrogen) atoms. The molecule has 220 valence electrons. The van der Waals surface area contributed by atoms with Crippen LogP contribution in [0.2, 0.25) is 0 Å². The molecule has 0 saturated carbocycles. The van der Waals surface area contributed by atoms with E-state index in [1.807, 2.05) is 13.0 Å². The number of methoxy groups -OCH3 is 2. The molecule has 5 atom stereocenters. The number of aliphatic hydroxyl groups excluding tert-OH is 3. The van der Waals surface area contributed by atoms with E-state index < -0.39 is 35.8 Å².